The highest BCUT2D eigenvalue weighted by Gasteiger charge is 2.24. The zero-order valence-corrected chi connectivity index (χ0v) is 32.3. The molecule has 0 atom stereocenters. The predicted octanol–water partition coefficient (Wildman–Crippen LogP) is 7.46. The van der Waals surface area contributed by atoms with Gasteiger partial charge >= 0.3 is 12.9 Å². The van der Waals surface area contributed by atoms with E-state index in [9.17, 15) is 34.4 Å². The summed E-state index contributed by atoms with van der Waals surface area (Å²) in [5.41, 5.74) is 3.30. The molecular weight excluding hydrogens is 819 g/mol. The molecule has 0 bridgehead atoms. The minimum atomic E-state index is -3.71. The number of nitrogens with zero attached hydrogens (tertiary/aromatic N) is 9. The minimum absolute atomic E-state index is 0.0320. The Labute approximate surface area is 335 Å². The zero-order chi connectivity index (χ0) is 42.0. The molecule has 59 heavy (non-hydrogen) atoms. The van der Waals surface area contributed by atoms with E-state index in [2.05, 4.69) is 37.1 Å². The molecule has 7 aromatic rings. The van der Waals surface area contributed by atoms with Gasteiger partial charge in [-0.1, -0.05) is 67.2 Å². The van der Waals surface area contributed by atoms with Crippen LogP contribution in [0.4, 0.5) is 28.9 Å². The number of rotatable bonds is 16. The number of benzene rings is 4. The molecule has 0 aliphatic rings. The number of alkyl halides is 4. The summed E-state index contributed by atoms with van der Waals surface area (Å²) in [4.78, 5) is 3.82. The summed E-state index contributed by atoms with van der Waals surface area (Å²) in [7, 11) is -7.40. The molecule has 0 amide bonds. The van der Waals surface area contributed by atoms with E-state index in [1.54, 1.807) is 109 Å². The molecule has 3 aromatic heterocycles. The monoisotopic (exact) mass is 851 g/mol. The summed E-state index contributed by atoms with van der Waals surface area (Å²) < 4.78 is 115. The first-order chi connectivity index (χ1) is 28.3. The predicted molar refractivity (Wildman–Crippen MR) is 208 cm³/mol. The van der Waals surface area contributed by atoms with Gasteiger partial charge in [0.1, 0.15) is 12.7 Å². The maximum atomic E-state index is 13.1. The Morgan fingerprint density at radius 3 is 1.51 bits per heavy atom. The molecule has 0 fully saturated rings. The third-order valence-corrected chi connectivity index (χ3v) is 11.4. The van der Waals surface area contributed by atoms with Crippen LogP contribution in [-0.2, 0) is 39.7 Å². The second kappa shape index (κ2) is 18.7. The summed E-state index contributed by atoms with van der Waals surface area (Å²) >= 11 is 0. The standard InChI is InChI=1S/C20H18F2N6O3S.C18H15F2N3O3S/c21-18(22)20-26-25-19(31-20)16-8-6-15(7-9-16)12-28(17-4-2-1-3-5-17)32(29,30)11-10-27-14-23-13-24-27;1-2-27(24,25)23(15-6-4-3-5-7-15)12-13-8-10-14(11-9-13)17-21-22-18(26-17)16(19)20/h1-9,13-14,18H,10-12H2;2-11,16H,1,12H2. The van der Waals surface area contributed by atoms with Gasteiger partial charge in [-0.25, -0.2) is 21.8 Å². The van der Waals surface area contributed by atoms with Crippen LogP contribution in [0, 0.1) is 0 Å². The maximum Gasteiger partial charge on any atom is 0.314 e. The lowest BCUT2D eigenvalue weighted by atomic mass is 10.1. The second-order valence-electron chi connectivity index (χ2n) is 12.3. The largest absolute Gasteiger partial charge is 0.415 e. The van der Waals surface area contributed by atoms with E-state index < -0.39 is 44.7 Å². The van der Waals surface area contributed by atoms with Gasteiger partial charge in [0.05, 0.1) is 36.8 Å². The Kier molecular flexibility index (Phi) is 13.3. The highest BCUT2D eigenvalue weighted by atomic mass is 32.2. The van der Waals surface area contributed by atoms with Crippen molar-refractivity contribution < 1.29 is 43.2 Å². The van der Waals surface area contributed by atoms with Gasteiger partial charge in [-0.05, 0) is 59.7 Å². The highest BCUT2D eigenvalue weighted by molar-refractivity contribution is 7.95. The molecule has 0 N–H and O–H groups in total. The van der Waals surface area contributed by atoms with Gasteiger partial charge in [0, 0.05) is 16.5 Å². The summed E-state index contributed by atoms with van der Waals surface area (Å²) in [6.07, 6.45) is -2.89. The van der Waals surface area contributed by atoms with Crippen molar-refractivity contribution in [1.29, 1.82) is 0 Å². The fourth-order valence-corrected chi connectivity index (χ4v) is 7.69. The van der Waals surface area contributed by atoms with Gasteiger partial charge < -0.3 is 8.83 Å². The molecule has 0 saturated carbocycles. The average Bonchev–Trinajstić information content (AvgIpc) is 4.06. The number of aromatic nitrogens is 7. The van der Waals surface area contributed by atoms with Crippen molar-refractivity contribution in [3.8, 4) is 22.9 Å². The van der Waals surface area contributed by atoms with Gasteiger partial charge in [-0.2, -0.15) is 22.7 Å². The van der Waals surface area contributed by atoms with Crippen LogP contribution in [0.1, 0.15) is 35.8 Å². The molecule has 3 heterocycles. The molecule has 7 rings (SSSR count). The summed E-state index contributed by atoms with van der Waals surface area (Å²) in [6.45, 7) is 3.69. The zero-order valence-electron chi connectivity index (χ0n) is 30.6. The Bertz CT molecular complexity index is 2630. The molecule has 0 unspecified atom stereocenters. The van der Waals surface area contributed by atoms with E-state index in [0.29, 0.717) is 33.6 Å². The molecule has 0 aliphatic carbocycles. The maximum absolute atomic E-state index is 13.1. The van der Waals surface area contributed by atoms with Crippen molar-refractivity contribution >= 4 is 31.4 Å². The number of hydrogen-bond donors (Lipinski definition) is 0. The van der Waals surface area contributed by atoms with Gasteiger partial charge in [0.25, 0.3) is 21.8 Å². The lowest BCUT2D eigenvalue weighted by Crippen LogP contribution is -2.34. The second-order valence-corrected chi connectivity index (χ2v) is 16.1. The summed E-state index contributed by atoms with van der Waals surface area (Å²) in [5.74, 6) is -1.73. The van der Waals surface area contributed by atoms with Crippen LogP contribution in [-0.4, -0.2) is 57.7 Å². The van der Waals surface area contributed by atoms with Crippen LogP contribution in [0.3, 0.4) is 0 Å². The number of aryl methyl sites for hydroxylation is 1. The Balaban J connectivity index is 0.000000201. The van der Waals surface area contributed by atoms with Crippen LogP contribution in [0.2, 0.25) is 0 Å². The average molecular weight is 852 g/mol. The fourth-order valence-electron chi connectivity index (χ4n) is 5.34. The highest BCUT2D eigenvalue weighted by Crippen LogP contribution is 2.28. The van der Waals surface area contributed by atoms with E-state index in [1.807, 2.05) is 0 Å². The first kappa shape index (κ1) is 41.9. The van der Waals surface area contributed by atoms with E-state index in [-0.39, 0.29) is 37.2 Å². The number of anilines is 2. The van der Waals surface area contributed by atoms with Gasteiger partial charge in [-0.3, -0.25) is 13.3 Å². The molecule has 0 aliphatic heterocycles. The van der Waals surface area contributed by atoms with Crippen molar-refractivity contribution in [3.63, 3.8) is 0 Å². The van der Waals surface area contributed by atoms with E-state index in [0.717, 1.165) is 5.41 Å². The van der Waals surface area contributed by atoms with Crippen LogP contribution in [0.15, 0.2) is 143 Å². The van der Waals surface area contributed by atoms with Crippen LogP contribution in [0.5, 0.6) is 0 Å². The number of halogens is 4. The fraction of sp³-hybridized carbons (Fsp3) is 0.158. The molecule has 0 radical (unpaired) electrons. The molecule has 0 spiro atoms. The van der Waals surface area contributed by atoms with Crippen LogP contribution < -0.4 is 8.61 Å². The Morgan fingerprint density at radius 1 is 0.644 bits per heavy atom. The van der Waals surface area contributed by atoms with Crippen molar-refractivity contribution in [2.24, 2.45) is 0 Å². The first-order valence-electron chi connectivity index (χ1n) is 17.3. The number of sulfonamides is 2. The molecule has 21 heteroatoms. The smallest absolute Gasteiger partial charge is 0.314 e. The van der Waals surface area contributed by atoms with Gasteiger partial charge in [0.2, 0.25) is 21.8 Å². The SMILES string of the molecule is C=CS(=O)(=O)N(Cc1ccc(-c2nnc(C(F)F)o2)cc1)c1ccccc1.O=S(=O)(CCn1cncn1)N(Cc1ccc(-c2nnc(C(F)F)o2)cc1)c1ccccc1. The van der Waals surface area contributed by atoms with Crippen molar-refractivity contribution in [2.45, 2.75) is 32.5 Å². The molecule has 306 valence electrons. The molecule has 0 saturated heterocycles. The Morgan fingerprint density at radius 2 is 1.10 bits per heavy atom. The third-order valence-electron chi connectivity index (χ3n) is 8.30. The third kappa shape index (κ3) is 10.8. The van der Waals surface area contributed by atoms with E-state index in [1.165, 1.54) is 25.9 Å². The summed E-state index contributed by atoms with van der Waals surface area (Å²) in [6, 6.07) is 30.5. The number of para-hydroxylation sites is 2. The molecular formula is C38H33F4N9O6S2. The lowest BCUT2D eigenvalue weighted by molar-refractivity contribution is 0.115. The summed E-state index contributed by atoms with van der Waals surface area (Å²) in [5, 5.41) is 18.6. The van der Waals surface area contributed by atoms with Crippen LogP contribution in [0.25, 0.3) is 22.9 Å². The topological polar surface area (TPSA) is 183 Å². The Hall–Kier alpha value is -6.74. The van der Waals surface area contributed by atoms with E-state index >= 15 is 0 Å². The van der Waals surface area contributed by atoms with Crippen molar-refractivity contribution in [2.75, 3.05) is 14.4 Å². The van der Waals surface area contributed by atoms with Crippen LogP contribution >= 0.6 is 0 Å². The van der Waals surface area contributed by atoms with Gasteiger partial charge in [0.15, 0.2) is 0 Å². The van der Waals surface area contributed by atoms with Crippen molar-refractivity contribution in [3.05, 3.63) is 157 Å². The normalized spacial score (nSPS) is 11.6. The number of hydrogen-bond acceptors (Lipinski definition) is 12. The first-order valence-corrected chi connectivity index (χ1v) is 20.4. The van der Waals surface area contributed by atoms with E-state index in [4.69, 9.17) is 8.83 Å². The minimum Gasteiger partial charge on any atom is -0.415 e. The van der Waals surface area contributed by atoms with Crippen molar-refractivity contribution in [1.82, 2.24) is 35.2 Å². The van der Waals surface area contributed by atoms with Gasteiger partial charge in [-0.15, -0.1) is 20.4 Å². The molecule has 4 aromatic carbocycles. The lowest BCUT2D eigenvalue weighted by Gasteiger charge is -2.24. The quantitative estimate of drug-likeness (QED) is 0.0877. The molecule has 15 nitrogen and oxygen atoms in total.